The Labute approximate surface area is 100 Å². The Bertz CT molecular complexity index is 294. The number of methoxy groups -OCH3 is 1. The van der Waals surface area contributed by atoms with Crippen molar-refractivity contribution < 1.29 is 24.5 Å². The van der Waals surface area contributed by atoms with Gasteiger partial charge < -0.3 is 19.8 Å². The van der Waals surface area contributed by atoms with Crippen LogP contribution < -0.4 is 0 Å². The van der Waals surface area contributed by atoms with Crippen molar-refractivity contribution in [1.29, 1.82) is 0 Å². The first-order valence-corrected chi connectivity index (χ1v) is 5.68. The van der Waals surface area contributed by atoms with Crippen LogP contribution in [-0.4, -0.2) is 58.9 Å². The number of amides is 1. The minimum atomic E-state index is -1.06. The van der Waals surface area contributed by atoms with E-state index in [9.17, 15) is 14.7 Å². The van der Waals surface area contributed by atoms with Crippen LogP contribution in [0.1, 0.15) is 26.2 Å². The minimum Gasteiger partial charge on any atom is -0.480 e. The number of aliphatic hydroxyl groups is 1. The summed E-state index contributed by atoms with van der Waals surface area (Å²) < 4.78 is 5.02. The van der Waals surface area contributed by atoms with Crippen LogP contribution in [0.3, 0.4) is 0 Å². The van der Waals surface area contributed by atoms with Gasteiger partial charge >= 0.3 is 5.97 Å². The van der Waals surface area contributed by atoms with E-state index in [0.717, 1.165) is 0 Å². The molecule has 0 bridgehead atoms. The molecule has 1 aliphatic heterocycles. The van der Waals surface area contributed by atoms with Crippen LogP contribution in [0.15, 0.2) is 0 Å². The monoisotopic (exact) mass is 245 g/mol. The lowest BCUT2D eigenvalue weighted by molar-refractivity contribution is -0.148. The van der Waals surface area contributed by atoms with Crippen molar-refractivity contribution in [2.75, 3.05) is 13.7 Å². The van der Waals surface area contributed by atoms with Crippen LogP contribution in [0, 0.1) is 0 Å². The van der Waals surface area contributed by atoms with Gasteiger partial charge in [0.15, 0.2) is 0 Å². The third kappa shape index (κ3) is 3.67. The van der Waals surface area contributed by atoms with Crippen molar-refractivity contribution in [2.24, 2.45) is 0 Å². The highest BCUT2D eigenvalue weighted by Gasteiger charge is 2.38. The number of hydrogen-bond acceptors (Lipinski definition) is 4. The highest BCUT2D eigenvalue weighted by atomic mass is 16.5. The summed E-state index contributed by atoms with van der Waals surface area (Å²) in [4.78, 5) is 24.0. The lowest BCUT2D eigenvalue weighted by atomic mass is 10.1. The van der Waals surface area contributed by atoms with E-state index in [4.69, 9.17) is 9.84 Å². The van der Waals surface area contributed by atoms with Crippen LogP contribution in [0.4, 0.5) is 0 Å². The summed E-state index contributed by atoms with van der Waals surface area (Å²) in [5.41, 5.74) is 0. The summed E-state index contributed by atoms with van der Waals surface area (Å²) >= 11 is 0. The van der Waals surface area contributed by atoms with Gasteiger partial charge in [-0.15, -0.1) is 0 Å². The Morgan fingerprint density at radius 2 is 2.18 bits per heavy atom. The van der Waals surface area contributed by atoms with Gasteiger partial charge in [0, 0.05) is 26.5 Å². The average molecular weight is 245 g/mol. The number of likely N-dealkylation sites (tertiary alicyclic amines) is 1. The Kier molecular flexibility index (Phi) is 4.89. The van der Waals surface area contributed by atoms with E-state index >= 15 is 0 Å². The molecule has 0 aromatic heterocycles. The van der Waals surface area contributed by atoms with Gasteiger partial charge in [-0.1, -0.05) is 0 Å². The van der Waals surface area contributed by atoms with Gasteiger partial charge in [-0.3, -0.25) is 4.79 Å². The number of hydrogen-bond donors (Lipinski definition) is 2. The maximum Gasteiger partial charge on any atom is 0.326 e. The highest BCUT2D eigenvalue weighted by Crippen LogP contribution is 2.20. The number of aliphatic carboxylic acids is 1. The first kappa shape index (κ1) is 13.9. The molecule has 6 nitrogen and oxygen atoms in total. The van der Waals surface area contributed by atoms with E-state index < -0.39 is 18.1 Å². The standard InChI is InChI=1S/C11H19NO5/c1-7(17-2)3-4-10(14)12-6-8(13)5-9(12)11(15)16/h7-9,13H,3-6H2,1-2H3,(H,15,16)/t7?,8?,9-/m0/s1. The van der Waals surface area contributed by atoms with Crippen molar-refractivity contribution in [1.82, 2.24) is 4.90 Å². The number of carbonyl (C=O) groups excluding carboxylic acids is 1. The molecule has 2 unspecified atom stereocenters. The first-order valence-electron chi connectivity index (χ1n) is 5.68. The van der Waals surface area contributed by atoms with E-state index in [1.807, 2.05) is 6.92 Å². The zero-order valence-corrected chi connectivity index (χ0v) is 10.1. The fourth-order valence-corrected chi connectivity index (χ4v) is 1.91. The Morgan fingerprint density at radius 1 is 1.53 bits per heavy atom. The van der Waals surface area contributed by atoms with Gasteiger partial charge in [-0.2, -0.15) is 0 Å². The molecule has 1 rings (SSSR count). The number of carboxylic acids is 1. The normalized spacial score (nSPS) is 25.9. The maximum atomic E-state index is 11.8. The maximum absolute atomic E-state index is 11.8. The van der Waals surface area contributed by atoms with E-state index in [2.05, 4.69) is 0 Å². The molecular formula is C11H19NO5. The fourth-order valence-electron chi connectivity index (χ4n) is 1.91. The molecule has 1 amide bonds. The second kappa shape index (κ2) is 5.97. The van der Waals surface area contributed by atoms with E-state index in [1.165, 1.54) is 4.90 Å². The van der Waals surface area contributed by atoms with Gasteiger partial charge in [0.2, 0.25) is 5.91 Å². The van der Waals surface area contributed by atoms with Gasteiger partial charge in [0.1, 0.15) is 6.04 Å². The number of nitrogens with zero attached hydrogens (tertiary/aromatic N) is 1. The smallest absolute Gasteiger partial charge is 0.326 e. The molecule has 1 heterocycles. The molecule has 1 saturated heterocycles. The lowest BCUT2D eigenvalue weighted by Gasteiger charge is -2.21. The molecule has 98 valence electrons. The SMILES string of the molecule is COC(C)CCC(=O)N1CC(O)C[C@H]1C(=O)O. The van der Waals surface area contributed by atoms with Gasteiger partial charge in [0.05, 0.1) is 12.2 Å². The van der Waals surface area contributed by atoms with Crippen LogP contribution in [0.25, 0.3) is 0 Å². The van der Waals surface area contributed by atoms with Crippen molar-refractivity contribution in [3.05, 3.63) is 0 Å². The third-order valence-corrected chi connectivity index (χ3v) is 3.05. The van der Waals surface area contributed by atoms with Crippen LogP contribution in [-0.2, 0) is 14.3 Å². The molecule has 0 saturated carbocycles. The summed E-state index contributed by atoms with van der Waals surface area (Å²) in [6.07, 6.45) is 0.135. The number of aliphatic hydroxyl groups excluding tert-OH is 1. The molecule has 1 aliphatic rings. The minimum absolute atomic E-state index is 0.0326. The molecule has 0 aliphatic carbocycles. The summed E-state index contributed by atoms with van der Waals surface area (Å²) in [5.74, 6) is -1.30. The third-order valence-electron chi connectivity index (χ3n) is 3.05. The fraction of sp³-hybridized carbons (Fsp3) is 0.818. The number of carboxylic acid groups (broad SMARTS) is 1. The van der Waals surface area contributed by atoms with Crippen molar-refractivity contribution in [3.63, 3.8) is 0 Å². The average Bonchev–Trinajstić information content (AvgIpc) is 2.67. The molecule has 1 fully saturated rings. The predicted molar refractivity (Wildman–Crippen MR) is 59.5 cm³/mol. The Balaban J connectivity index is 2.52. The van der Waals surface area contributed by atoms with Gasteiger partial charge in [0.25, 0.3) is 0 Å². The lowest BCUT2D eigenvalue weighted by Crippen LogP contribution is -2.40. The molecular weight excluding hydrogens is 226 g/mol. The molecule has 17 heavy (non-hydrogen) atoms. The molecule has 0 aromatic rings. The quantitative estimate of drug-likeness (QED) is 0.703. The zero-order valence-electron chi connectivity index (χ0n) is 10.1. The predicted octanol–water partition coefficient (Wildman–Crippen LogP) is -0.152. The van der Waals surface area contributed by atoms with Gasteiger partial charge in [-0.25, -0.2) is 4.79 Å². The summed E-state index contributed by atoms with van der Waals surface area (Å²) in [7, 11) is 1.56. The zero-order chi connectivity index (χ0) is 13.0. The molecule has 3 atom stereocenters. The topological polar surface area (TPSA) is 87.1 Å². The van der Waals surface area contributed by atoms with Crippen LogP contribution in [0.2, 0.25) is 0 Å². The molecule has 6 heteroatoms. The second-order valence-corrected chi connectivity index (χ2v) is 4.37. The van der Waals surface area contributed by atoms with E-state index in [-0.39, 0.29) is 31.4 Å². The second-order valence-electron chi connectivity index (χ2n) is 4.37. The summed E-state index contributed by atoms with van der Waals surface area (Å²) in [6, 6.07) is -0.893. The largest absolute Gasteiger partial charge is 0.480 e. The highest BCUT2D eigenvalue weighted by molar-refractivity contribution is 5.84. The van der Waals surface area contributed by atoms with Crippen molar-refractivity contribution in [3.8, 4) is 0 Å². The Hall–Kier alpha value is -1.14. The number of rotatable bonds is 5. The number of ether oxygens (including phenoxy) is 1. The van der Waals surface area contributed by atoms with Crippen LogP contribution >= 0.6 is 0 Å². The molecule has 0 aromatic carbocycles. The molecule has 0 spiro atoms. The van der Waals surface area contributed by atoms with Crippen LogP contribution in [0.5, 0.6) is 0 Å². The molecule has 2 N–H and O–H groups in total. The summed E-state index contributed by atoms with van der Waals surface area (Å²) in [5, 5.41) is 18.4. The van der Waals surface area contributed by atoms with E-state index in [0.29, 0.717) is 6.42 Å². The van der Waals surface area contributed by atoms with Crippen molar-refractivity contribution >= 4 is 11.9 Å². The first-order chi connectivity index (χ1) is 7.95. The van der Waals surface area contributed by atoms with E-state index in [1.54, 1.807) is 7.11 Å². The Morgan fingerprint density at radius 3 is 2.71 bits per heavy atom. The van der Waals surface area contributed by atoms with Crippen molar-refractivity contribution in [2.45, 2.75) is 44.4 Å². The number of β-amino-alcohol motifs (C(OH)–C–C–N with tert-alkyl or cyclic N) is 1. The number of carbonyl (C=O) groups is 2. The van der Waals surface area contributed by atoms with Gasteiger partial charge in [-0.05, 0) is 13.3 Å². The summed E-state index contributed by atoms with van der Waals surface area (Å²) in [6.45, 7) is 1.96. The molecule has 0 radical (unpaired) electrons.